The van der Waals surface area contributed by atoms with Crippen molar-refractivity contribution in [2.75, 3.05) is 13.1 Å². The van der Waals surface area contributed by atoms with Gasteiger partial charge < -0.3 is 15.0 Å². The van der Waals surface area contributed by atoms with Crippen LogP contribution in [-0.2, 0) is 6.54 Å². The number of fused-ring (bicyclic) bond motifs is 3. The summed E-state index contributed by atoms with van der Waals surface area (Å²) in [4.78, 5) is 0. The van der Waals surface area contributed by atoms with Crippen LogP contribution in [0.2, 0.25) is 0 Å². The standard InChI is InChI=1S/C20H24Br2N2O/c1-13(2)7-8-23-11-16(25)12-24-19-5-3-14(21)9-17(19)18-10-15(22)4-6-20(18)24/h3-6,9-10,13,16,23,25H,7-8,11-12H2,1-2H3/t16-/m1/s1. The second-order valence-electron chi connectivity index (χ2n) is 6.97. The largest absolute Gasteiger partial charge is 0.390 e. The van der Waals surface area contributed by atoms with Crippen molar-refractivity contribution in [3.8, 4) is 0 Å². The van der Waals surface area contributed by atoms with Gasteiger partial charge in [-0.1, -0.05) is 45.7 Å². The van der Waals surface area contributed by atoms with Gasteiger partial charge in [0.2, 0.25) is 0 Å². The molecule has 0 saturated carbocycles. The van der Waals surface area contributed by atoms with Gasteiger partial charge in [-0.2, -0.15) is 0 Å². The molecule has 0 aliphatic rings. The Labute approximate surface area is 165 Å². The van der Waals surface area contributed by atoms with Crippen LogP contribution in [0.4, 0.5) is 0 Å². The zero-order chi connectivity index (χ0) is 18.0. The first kappa shape index (κ1) is 18.9. The molecule has 0 bridgehead atoms. The van der Waals surface area contributed by atoms with Gasteiger partial charge in [0.15, 0.2) is 0 Å². The van der Waals surface area contributed by atoms with Gasteiger partial charge >= 0.3 is 0 Å². The lowest BCUT2D eigenvalue weighted by Crippen LogP contribution is -2.31. The highest BCUT2D eigenvalue weighted by Gasteiger charge is 2.14. The molecule has 0 amide bonds. The Morgan fingerprint density at radius 3 is 2.08 bits per heavy atom. The molecule has 0 unspecified atom stereocenters. The van der Waals surface area contributed by atoms with Gasteiger partial charge in [-0.05, 0) is 55.3 Å². The summed E-state index contributed by atoms with van der Waals surface area (Å²) in [5.74, 6) is 0.680. The van der Waals surface area contributed by atoms with Crippen LogP contribution in [0.5, 0.6) is 0 Å². The SMILES string of the molecule is CC(C)CCNC[C@@H](O)Cn1c2ccc(Br)cc2c2cc(Br)ccc21. The Hall–Kier alpha value is -0.880. The first-order chi connectivity index (χ1) is 12.0. The molecular formula is C20H24Br2N2O. The Morgan fingerprint density at radius 2 is 1.56 bits per heavy atom. The van der Waals surface area contributed by atoms with Crippen LogP contribution >= 0.6 is 31.9 Å². The van der Waals surface area contributed by atoms with Crippen molar-refractivity contribution in [1.82, 2.24) is 9.88 Å². The maximum atomic E-state index is 10.5. The van der Waals surface area contributed by atoms with E-state index in [1.165, 1.54) is 10.8 Å². The van der Waals surface area contributed by atoms with Gasteiger partial charge in [0, 0.05) is 37.3 Å². The number of hydrogen-bond donors (Lipinski definition) is 2. The molecule has 2 aromatic carbocycles. The molecule has 3 rings (SSSR count). The van der Waals surface area contributed by atoms with Crippen LogP contribution in [0.25, 0.3) is 21.8 Å². The second kappa shape index (κ2) is 8.21. The lowest BCUT2D eigenvalue weighted by molar-refractivity contribution is 0.154. The van der Waals surface area contributed by atoms with Crippen LogP contribution in [0, 0.1) is 5.92 Å². The average molecular weight is 468 g/mol. The molecule has 5 heteroatoms. The van der Waals surface area contributed by atoms with Gasteiger partial charge in [-0.25, -0.2) is 0 Å². The summed E-state index contributed by atoms with van der Waals surface area (Å²) < 4.78 is 4.35. The Morgan fingerprint density at radius 1 is 1.00 bits per heavy atom. The number of hydrogen-bond acceptors (Lipinski definition) is 2. The lowest BCUT2D eigenvalue weighted by Gasteiger charge is -2.15. The number of rotatable bonds is 7. The van der Waals surface area contributed by atoms with Crippen LogP contribution in [0.3, 0.4) is 0 Å². The molecule has 1 heterocycles. The highest BCUT2D eigenvalue weighted by Crippen LogP contribution is 2.33. The van der Waals surface area contributed by atoms with Crippen molar-refractivity contribution in [1.29, 1.82) is 0 Å². The minimum Gasteiger partial charge on any atom is -0.390 e. The molecule has 0 radical (unpaired) electrons. The predicted octanol–water partition coefficient (Wildman–Crippen LogP) is 5.32. The van der Waals surface area contributed by atoms with Gasteiger partial charge in [-0.3, -0.25) is 0 Å². The van der Waals surface area contributed by atoms with Crippen molar-refractivity contribution in [2.45, 2.75) is 32.9 Å². The predicted molar refractivity (Wildman–Crippen MR) is 113 cm³/mol. The first-order valence-electron chi connectivity index (χ1n) is 8.71. The molecule has 134 valence electrons. The number of halogens is 2. The second-order valence-corrected chi connectivity index (χ2v) is 8.81. The zero-order valence-electron chi connectivity index (χ0n) is 14.6. The smallest absolute Gasteiger partial charge is 0.0843 e. The third-order valence-electron chi connectivity index (χ3n) is 4.46. The summed E-state index contributed by atoms with van der Waals surface area (Å²) in [5.41, 5.74) is 2.30. The molecule has 3 aromatic rings. The fraction of sp³-hybridized carbons (Fsp3) is 0.400. The van der Waals surface area contributed by atoms with E-state index in [-0.39, 0.29) is 0 Å². The molecule has 25 heavy (non-hydrogen) atoms. The lowest BCUT2D eigenvalue weighted by atomic mass is 10.1. The van der Waals surface area contributed by atoms with Crippen molar-refractivity contribution in [3.05, 3.63) is 45.3 Å². The van der Waals surface area contributed by atoms with Crippen LogP contribution < -0.4 is 5.32 Å². The maximum Gasteiger partial charge on any atom is 0.0843 e. The number of nitrogens with zero attached hydrogens (tertiary/aromatic N) is 1. The molecule has 0 spiro atoms. The van der Waals surface area contributed by atoms with E-state index >= 15 is 0 Å². The third-order valence-corrected chi connectivity index (χ3v) is 5.45. The monoisotopic (exact) mass is 466 g/mol. The van der Waals surface area contributed by atoms with E-state index in [2.05, 4.69) is 92.0 Å². The molecule has 1 aromatic heterocycles. The van der Waals surface area contributed by atoms with E-state index in [0.717, 1.165) is 32.9 Å². The summed E-state index contributed by atoms with van der Waals surface area (Å²) in [6, 6.07) is 12.6. The number of benzene rings is 2. The Kier molecular flexibility index (Phi) is 6.21. The molecule has 1 atom stereocenters. The van der Waals surface area contributed by atoms with Gasteiger partial charge in [0.05, 0.1) is 12.6 Å². The summed E-state index contributed by atoms with van der Waals surface area (Å²) in [7, 11) is 0. The fourth-order valence-electron chi connectivity index (χ4n) is 3.18. The zero-order valence-corrected chi connectivity index (χ0v) is 17.8. The minimum atomic E-state index is -0.418. The molecular weight excluding hydrogens is 444 g/mol. The quantitative estimate of drug-likeness (QED) is 0.461. The van der Waals surface area contributed by atoms with Crippen LogP contribution in [0.15, 0.2) is 45.3 Å². The van der Waals surface area contributed by atoms with E-state index in [4.69, 9.17) is 0 Å². The van der Waals surface area contributed by atoms with E-state index in [9.17, 15) is 5.11 Å². The number of aliphatic hydroxyl groups is 1. The number of nitrogens with one attached hydrogen (secondary N) is 1. The van der Waals surface area contributed by atoms with E-state index in [1.807, 2.05) is 0 Å². The first-order valence-corrected chi connectivity index (χ1v) is 10.3. The molecule has 0 saturated heterocycles. The fourth-order valence-corrected chi connectivity index (χ4v) is 3.90. The normalized spacial score (nSPS) is 13.2. The molecule has 2 N–H and O–H groups in total. The van der Waals surface area contributed by atoms with Crippen molar-refractivity contribution >= 4 is 53.7 Å². The van der Waals surface area contributed by atoms with E-state index in [0.29, 0.717) is 19.0 Å². The third kappa shape index (κ3) is 4.45. The summed E-state index contributed by atoms with van der Waals surface area (Å²) in [6.45, 7) is 6.57. The summed E-state index contributed by atoms with van der Waals surface area (Å²) in [5, 5.41) is 16.3. The van der Waals surface area contributed by atoms with Crippen LogP contribution in [-0.4, -0.2) is 28.9 Å². The molecule has 0 fully saturated rings. The van der Waals surface area contributed by atoms with Crippen molar-refractivity contribution in [3.63, 3.8) is 0 Å². The number of aromatic nitrogens is 1. The van der Waals surface area contributed by atoms with Crippen molar-refractivity contribution in [2.24, 2.45) is 5.92 Å². The highest BCUT2D eigenvalue weighted by atomic mass is 79.9. The van der Waals surface area contributed by atoms with Crippen LogP contribution in [0.1, 0.15) is 20.3 Å². The van der Waals surface area contributed by atoms with Gasteiger partial charge in [-0.15, -0.1) is 0 Å². The van der Waals surface area contributed by atoms with Gasteiger partial charge in [0.25, 0.3) is 0 Å². The summed E-state index contributed by atoms with van der Waals surface area (Å²) in [6.07, 6.45) is 0.711. The Balaban J connectivity index is 1.87. The minimum absolute atomic E-state index is 0.418. The Bertz CT molecular complexity index is 814. The van der Waals surface area contributed by atoms with E-state index < -0.39 is 6.10 Å². The van der Waals surface area contributed by atoms with Crippen molar-refractivity contribution < 1.29 is 5.11 Å². The summed E-state index contributed by atoms with van der Waals surface area (Å²) >= 11 is 7.14. The molecule has 0 aliphatic heterocycles. The molecule has 3 nitrogen and oxygen atoms in total. The van der Waals surface area contributed by atoms with Gasteiger partial charge in [0.1, 0.15) is 0 Å². The molecule has 0 aliphatic carbocycles. The number of aliphatic hydroxyl groups excluding tert-OH is 1. The maximum absolute atomic E-state index is 10.5. The highest BCUT2D eigenvalue weighted by molar-refractivity contribution is 9.10. The average Bonchev–Trinajstić information content (AvgIpc) is 2.84. The topological polar surface area (TPSA) is 37.2 Å². The van der Waals surface area contributed by atoms with E-state index in [1.54, 1.807) is 0 Å².